The topological polar surface area (TPSA) is 73.8 Å². The third-order valence-electron chi connectivity index (χ3n) is 5.40. The summed E-state index contributed by atoms with van der Waals surface area (Å²) in [5.41, 5.74) is 7.06. The second-order valence-electron chi connectivity index (χ2n) is 7.86. The molecule has 180 valence electrons. The number of aliphatic imine (C=N–C) groups is 1. The quantitative estimate of drug-likeness (QED) is 0.396. The summed E-state index contributed by atoms with van der Waals surface area (Å²) in [5, 5.41) is 1.44. The van der Waals surface area contributed by atoms with Crippen LogP contribution in [0.4, 0.5) is 18.2 Å². The van der Waals surface area contributed by atoms with Gasteiger partial charge in [0.1, 0.15) is 10.8 Å². The number of alkyl halides is 3. The van der Waals surface area contributed by atoms with Crippen LogP contribution in [0.3, 0.4) is 0 Å². The van der Waals surface area contributed by atoms with Gasteiger partial charge in [-0.15, -0.1) is 11.3 Å². The van der Waals surface area contributed by atoms with Crippen molar-refractivity contribution in [2.45, 2.75) is 37.3 Å². The van der Waals surface area contributed by atoms with E-state index in [1.165, 1.54) is 27.8 Å². The van der Waals surface area contributed by atoms with Crippen molar-refractivity contribution in [2.75, 3.05) is 10.8 Å². The lowest BCUT2D eigenvalue weighted by Gasteiger charge is -2.24. The number of thiophene rings is 1. The van der Waals surface area contributed by atoms with Crippen LogP contribution in [-0.2, 0) is 10.0 Å². The average molecular weight is 509 g/mol. The van der Waals surface area contributed by atoms with E-state index < -0.39 is 22.6 Å². The molecule has 0 aliphatic carbocycles. The summed E-state index contributed by atoms with van der Waals surface area (Å²) in [6.45, 7) is 5.47. The van der Waals surface area contributed by atoms with Crippen LogP contribution in [0.1, 0.15) is 30.4 Å². The van der Waals surface area contributed by atoms with Gasteiger partial charge in [-0.2, -0.15) is 13.2 Å². The number of nitrogens with one attached hydrogen (secondary N) is 2. The van der Waals surface area contributed by atoms with E-state index in [-0.39, 0.29) is 24.3 Å². The SMILES string of the molecule is C=C1N=C(c2ccc(S(=O)(=O)N(CCCCC(F)(F)F)c3sc4ccccc4c3C)cc2)NN1. The molecular weight excluding hydrogens is 485 g/mol. The first-order valence-corrected chi connectivity index (χ1v) is 12.8. The summed E-state index contributed by atoms with van der Waals surface area (Å²) in [5.74, 6) is 0.954. The Kier molecular flexibility index (Phi) is 6.59. The van der Waals surface area contributed by atoms with Crippen LogP contribution in [0.2, 0.25) is 0 Å². The molecule has 3 aromatic rings. The molecule has 0 atom stereocenters. The fourth-order valence-corrected chi connectivity index (χ4v) is 6.69. The van der Waals surface area contributed by atoms with Crippen LogP contribution in [0.25, 0.3) is 10.1 Å². The number of benzene rings is 2. The van der Waals surface area contributed by atoms with Crippen molar-refractivity contribution >= 4 is 42.3 Å². The number of rotatable bonds is 8. The molecule has 11 heteroatoms. The molecule has 2 N–H and O–H groups in total. The number of hydrogen-bond acceptors (Lipinski definition) is 6. The predicted molar refractivity (Wildman–Crippen MR) is 129 cm³/mol. The van der Waals surface area contributed by atoms with Crippen LogP contribution in [0.5, 0.6) is 0 Å². The lowest BCUT2D eigenvalue weighted by atomic mass is 10.2. The highest BCUT2D eigenvalue weighted by Crippen LogP contribution is 2.40. The highest BCUT2D eigenvalue weighted by Gasteiger charge is 2.30. The van der Waals surface area contributed by atoms with Gasteiger partial charge in [0, 0.05) is 23.2 Å². The van der Waals surface area contributed by atoms with Crippen LogP contribution in [0.15, 0.2) is 70.8 Å². The minimum absolute atomic E-state index is 0.0498. The minimum Gasteiger partial charge on any atom is -0.283 e. The minimum atomic E-state index is -4.27. The monoisotopic (exact) mass is 508 g/mol. The first-order valence-electron chi connectivity index (χ1n) is 10.5. The van der Waals surface area contributed by atoms with Crippen LogP contribution >= 0.6 is 11.3 Å². The van der Waals surface area contributed by atoms with E-state index in [9.17, 15) is 21.6 Å². The number of anilines is 1. The van der Waals surface area contributed by atoms with Gasteiger partial charge >= 0.3 is 6.18 Å². The van der Waals surface area contributed by atoms with Gasteiger partial charge in [0.15, 0.2) is 5.84 Å². The molecule has 6 nitrogen and oxygen atoms in total. The first kappa shape index (κ1) is 24.1. The molecule has 0 spiro atoms. The summed E-state index contributed by atoms with van der Waals surface area (Å²) in [6.07, 6.45) is -5.29. The van der Waals surface area contributed by atoms with Gasteiger partial charge < -0.3 is 0 Å². The lowest BCUT2D eigenvalue weighted by molar-refractivity contribution is -0.135. The zero-order valence-corrected chi connectivity index (χ0v) is 19.9. The van der Waals surface area contributed by atoms with Gasteiger partial charge in [-0.1, -0.05) is 24.8 Å². The second kappa shape index (κ2) is 9.30. The Morgan fingerprint density at radius 1 is 1.06 bits per heavy atom. The molecule has 1 aliphatic rings. The van der Waals surface area contributed by atoms with Crippen molar-refractivity contribution in [2.24, 2.45) is 4.99 Å². The first-order chi connectivity index (χ1) is 16.1. The highest BCUT2D eigenvalue weighted by atomic mass is 32.2. The van der Waals surface area contributed by atoms with Gasteiger partial charge in [-0.05, 0) is 61.0 Å². The van der Waals surface area contributed by atoms with E-state index in [1.54, 1.807) is 12.1 Å². The number of hydrazine groups is 1. The van der Waals surface area contributed by atoms with Crippen molar-refractivity contribution in [1.29, 1.82) is 0 Å². The Bertz CT molecular complexity index is 1350. The number of hydrogen-bond donors (Lipinski definition) is 2. The number of aryl methyl sites for hydroxylation is 1. The standard InChI is InChI=1S/C23H23F3N4O2S2/c1-15-19-7-3-4-8-20(19)33-22(15)30(14-6-5-13-23(24,25)26)34(31,32)18-11-9-17(10-12-18)21-27-16(2)28-29-21/h3-4,7-12,28H,2,5-6,13-14H2,1H3,(H,27,29). The molecule has 2 aromatic carbocycles. The summed E-state index contributed by atoms with van der Waals surface area (Å²) in [7, 11) is -4.02. The van der Waals surface area contributed by atoms with Gasteiger partial charge in [0.25, 0.3) is 10.0 Å². The summed E-state index contributed by atoms with van der Waals surface area (Å²) < 4.78 is 67.4. The predicted octanol–water partition coefficient (Wildman–Crippen LogP) is 5.46. The summed E-state index contributed by atoms with van der Waals surface area (Å²) in [6, 6.07) is 13.7. The van der Waals surface area contributed by atoms with Crippen LogP contribution < -0.4 is 15.2 Å². The molecule has 1 aliphatic heterocycles. The normalized spacial score (nSPS) is 14.1. The van der Waals surface area contributed by atoms with E-state index in [0.29, 0.717) is 22.2 Å². The number of nitrogens with zero attached hydrogens (tertiary/aromatic N) is 2. The lowest BCUT2D eigenvalue weighted by Crippen LogP contribution is -2.32. The third-order valence-corrected chi connectivity index (χ3v) is 8.63. The number of amidine groups is 1. The highest BCUT2D eigenvalue weighted by molar-refractivity contribution is 7.93. The third kappa shape index (κ3) is 5.05. The van der Waals surface area contributed by atoms with Crippen molar-refractivity contribution in [1.82, 2.24) is 10.9 Å². The second-order valence-corrected chi connectivity index (χ2v) is 10.8. The van der Waals surface area contributed by atoms with Gasteiger partial charge in [0.05, 0.1) is 4.90 Å². The van der Waals surface area contributed by atoms with Crippen molar-refractivity contribution in [3.05, 3.63) is 72.1 Å². The molecule has 0 bridgehead atoms. The van der Waals surface area contributed by atoms with Crippen LogP contribution in [0, 0.1) is 6.92 Å². The van der Waals surface area contributed by atoms with Gasteiger partial charge in [-0.25, -0.2) is 13.4 Å². The molecule has 0 saturated carbocycles. The zero-order chi connectivity index (χ0) is 24.5. The molecule has 34 heavy (non-hydrogen) atoms. The van der Waals surface area contributed by atoms with E-state index in [1.807, 2.05) is 31.2 Å². The van der Waals surface area contributed by atoms with E-state index in [0.717, 1.165) is 15.6 Å². The Morgan fingerprint density at radius 2 is 1.76 bits per heavy atom. The molecule has 0 saturated heterocycles. The Balaban J connectivity index is 1.67. The Morgan fingerprint density at radius 3 is 2.38 bits per heavy atom. The maximum absolute atomic E-state index is 13.7. The number of sulfonamides is 1. The molecular formula is C23H23F3N4O2S2. The van der Waals surface area contributed by atoms with Gasteiger partial charge in [-0.3, -0.25) is 15.2 Å². The maximum atomic E-state index is 13.7. The van der Waals surface area contributed by atoms with E-state index >= 15 is 0 Å². The Hall–Kier alpha value is -3.05. The summed E-state index contributed by atoms with van der Waals surface area (Å²) >= 11 is 1.32. The molecule has 0 fully saturated rings. The molecule has 0 unspecified atom stereocenters. The fourth-order valence-electron chi connectivity index (χ4n) is 3.68. The average Bonchev–Trinajstić information content (AvgIpc) is 3.36. The van der Waals surface area contributed by atoms with E-state index in [2.05, 4.69) is 22.4 Å². The number of halogens is 3. The van der Waals surface area contributed by atoms with Gasteiger partial charge in [0.2, 0.25) is 0 Å². The molecule has 0 radical (unpaired) electrons. The smallest absolute Gasteiger partial charge is 0.283 e. The maximum Gasteiger partial charge on any atom is 0.389 e. The summed E-state index contributed by atoms with van der Waals surface area (Å²) in [4.78, 5) is 4.24. The molecule has 2 heterocycles. The Labute approximate surface area is 199 Å². The number of unbranched alkanes of at least 4 members (excludes halogenated alkanes) is 1. The molecule has 0 amide bonds. The molecule has 1 aromatic heterocycles. The number of fused-ring (bicyclic) bond motifs is 1. The van der Waals surface area contributed by atoms with Crippen molar-refractivity contribution < 1.29 is 21.6 Å². The van der Waals surface area contributed by atoms with Crippen molar-refractivity contribution in [3.63, 3.8) is 0 Å². The van der Waals surface area contributed by atoms with E-state index in [4.69, 9.17) is 0 Å². The van der Waals surface area contributed by atoms with Crippen LogP contribution in [-0.4, -0.2) is 27.0 Å². The fraction of sp³-hybridized carbons (Fsp3) is 0.261. The zero-order valence-electron chi connectivity index (χ0n) is 18.3. The largest absolute Gasteiger partial charge is 0.389 e. The molecule has 4 rings (SSSR count). The van der Waals surface area contributed by atoms with Crippen molar-refractivity contribution in [3.8, 4) is 0 Å².